The summed E-state index contributed by atoms with van der Waals surface area (Å²) < 4.78 is 33.2. The molecular formula is C23H26N2O7S. The van der Waals surface area contributed by atoms with E-state index in [1.165, 1.54) is 16.8 Å². The van der Waals surface area contributed by atoms with E-state index in [4.69, 9.17) is 24.5 Å². The van der Waals surface area contributed by atoms with Gasteiger partial charge in [0.25, 0.3) is 10.0 Å². The maximum absolute atomic E-state index is 13.2. The smallest absolute Gasteiger partial charge is 0.414 e. The highest BCUT2D eigenvalue weighted by atomic mass is 32.2. The predicted octanol–water partition coefficient (Wildman–Crippen LogP) is 2.68. The Bertz CT molecular complexity index is 1220. The molecule has 176 valence electrons. The van der Waals surface area contributed by atoms with Crippen LogP contribution in [-0.2, 0) is 26.0 Å². The molecule has 2 heterocycles. The van der Waals surface area contributed by atoms with Gasteiger partial charge in [-0.2, -0.15) is 0 Å². The van der Waals surface area contributed by atoms with Crippen LogP contribution in [-0.4, -0.2) is 66.2 Å². The lowest BCUT2D eigenvalue weighted by Crippen LogP contribution is -2.21. The second-order valence-electron chi connectivity index (χ2n) is 7.56. The first kappa shape index (κ1) is 24.3. The molecule has 2 N–H and O–H groups in total. The van der Waals surface area contributed by atoms with Gasteiger partial charge in [0.05, 0.1) is 17.5 Å². The van der Waals surface area contributed by atoms with Crippen molar-refractivity contribution in [3.63, 3.8) is 0 Å². The first-order chi connectivity index (χ1) is 15.7. The van der Waals surface area contributed by atoms with Crippen LogP contribution in [0.15, 0.2) is 59.6 Å². The van der Waals surface area contributed by atoms with Gasteiger partial charge in [0.2, 0.25) is 0 Å². The largest absolute Gasteiger partial charge is 0.497 e. The fraction of sp³-hybridized carbons (Fsp3) is 0.304. The molecule has 1 aliphatic rings. The molecular weight excluding hydrogens is 448 g/mol. The van der Waals surface area contributed by atoms with Crippen LogP contribution in [0.2, 0.25) is 0 Å². The number of hydrogen-bond acceptors (Lipinski definition) is 6. The summed E-state index contributed by atoms with van der Waals surface area (Å²) in [7, 11) is -2.01. The molecule has 0 bridgehead atoms. The van der Waals surface area contributed by atoms with Crippen molar-refractivity contribution in [2.24, 2.45) is 0 Å². The topological polar surface area (TPSA) is 126 Å². The monoisotopic (exact) mass is 474 g/mol. The van der Waals surface area contributed by atoms with Crippen LogP contribution in [0.5, 0.6) is 5.75 Å². The van der Waals surface area contributed by atoms with Gasteiger partial charge in [-0.05, 0) is 68.2 Å². The minimum Gasteiger partial charge on any atom is -0.497 e. The fourth-order valence-electron chi connectivity index (χ4n) is 3.76. The van der Waals surface area contributed by atoms with Gasteiger partial charge in [0.1, 0.15) is 5.75 Å². The molecule has 0 amide bonds. The van der Waals surface area contributed by atoms with Crippen LogP contribution in [0.25, 0.3) is 10.9 Å². The number of carboxylic acids is 2. The minimum absolute atomic E-state index is 0.295. The Morgan fingerprint density at radius 3 is 2.21 bits per heavy atom. The molecule has 2 aromatic carbocycles. The van der Waals surface area contributed by atoms with E-state index in [0.29, 0.717) is 10.4 Å². The zero-order chi connectivity index (χ0) is 24.0. The third-order valence-corrected chi connectivity index (χ3v) is 7.13. The summed E-state index contributed by atoms with van der Waals surface area (Å²) in [6.45, 7) is 3.20. The predicted molar refractivity (Wildman–Crippen MR) is 122 cm³/mol. The Balaban J connectivity index is 0.000000454. The molecule has 3 aromatic rings. The third kappa shape index (κ3) is 5.71. The summed E-state index contributed by atoms with van der Waals surface area (Å²) in [6, 6.07) is 14.2. The van der Waals surface area contributed by atoms with Gasteiger partial charge >= 0.3 is 11.9 Å². The summed E-state index contributed by atoms with van der Waals surface area (Å²) in [6.07, 6.45) is 5.10. The highest BCUT2D eigenvalue weighted by molar-refractivity contribution is 7.90. The van der Waals surface area contributed by atoms with Crippen molar-refractivity contribution in [1.29, 1.82) is 0 Å². The lowest BCUT2D eigenvalue weighted by molar-refractivity contribution is -0.159. The molecule has 1 fully saturated rings. The number of aromatic nitrogens is 1. The van der Waals surface area contributed by atoms with Crippen molar-refractivity contribution in [2.45, 2.75) is 24.2 Å². The lowest BCUT2D eigenvalue weighted by atomic mass is 10.1. The van der Waals surface area contributed by atoms with Crippen LogP contribution in [0, 0.1) is 0 Å². The van der Waals surface area contributed by atoms with Crippen LogP contribution in [0.1, 0.15) is 18.4 Å². The lowest BCUT2D eigenvalue weighted by Gasteiger charge is -2.13. The van der Waals surface area contributed by atoms with Gasteiger partial charge in [-0.25, -0.2) is 22.0 Å². The zero-order valence-electron chi connectivity index (χ0n) is 18.2. The Hall–Kier alpha value is -3.37. The number of aliphatic carboxylic acids is 2. The minimum atomic E-state index is -3.64. The van der Waals surface area contributed by atoms with E-state index in [2.05, 4.69) is 4.90 Å². The average Bonchev–Trinajstić information content (AvgIpc) is 3.46. The van der Waals surface area contributed by atoms with Crippen LogP contribution in [0.3, 0.4) is 0 Å². The number of fused-ring (bicyclic) bond motifs is 1. The van der Waals surface area contributed by atoms with E-state index in [0.717, 1.165) is 42.8 Å². The van der Waals surface area contributed by atoms with E-state index in [-0.39, 0.29) is 0 Å². The Morgan fingerprint density at radius 1 is 1.00 bits per heavy atom. The van der Waals surface area contributed by atoms with Crippen molar-refractivity contribution < 1.29 is 33.0 Å². The summed E-state index contributed by atoms with van der Waals surface area (Å²) >= 11 is 0. The summed E-state index contributed by atoms with van der Waals surface area (Å²) in [5.74, 6) is -2.91. The number of carboxylic acid groups (broad SMARTS) is 2. The molecule has 0 aliphatic carbocycles. The molecule has 33 heavy (non-hydrogen) atoms. The maximum Gasteiger partial charge on any atom is 0.414 e. The van der Waals surface area contributed by atoms with Gasteiger partial charge in [0, 0.05) is 18.1 Å². The molecule has 4 rings (SSSR count). The maximum atomic E-state index is 13.2. The third-order valence-electron chi connectivity index (χ3n) is 5.44. The van der Waals surface area contributed by atoms with Crippen molar-refractivity contribution in [1.82, 2.24) is 8.87 Å². The fourth-order valence-corrected chi connectivity index (χ4v) is 5.17. The molecule has 0 spiro atoms. The Morgan fingerprint density at radius 2 is 1.64 bits per heavy atom. The Labute approximate surface area is 191 Å². The van der Waals surface area contributed by atoms with Crippen LogP contribution in [0.4, 0.5) is 0 Å². The molecule has 0 unspecified atom stereocenters. The molecule has 1 saturated heterocycles. The second-order valence-corrected chi connectivity index (χ2v) is 9.38. The number of ether oxygens (including phenoxy) is 1. The second kappa shape index (κ2) is 10.5. The van der Waals surface area contributed by atoms with Gasteiger partial charge < -0.3 is 19.8 Å². The molecule has 1 aliphatic heterocycles. The quantitative estimate of drug-likeness (QED) is 0.522. The zero-order valence-corrected chi connectivity index (χ0v) is 19.0. The molecule has 0 atom stereocenters. The number of methoxy groups -OCH3 is 1. The van der Waals surface area contributed by atoms with Crippen LogP contribution >= 0.6 is 0 Å². The van der Waals surface area contributed by atoms with E-state index >= 15 is 0 Å². The molecule has 0 saturated carbocycles. The molecule has 0 radical (unpaired) electrons. The number of likely N-dealkylation sites (tertiary alicyclic amines) is 1. The first-order valence-electron chi connectivity index (χ1n) is 10.4. The summed E-state index contributed by atoms with van der Waals surface area (Å²) in [5, 5.41) is 15.7. The SMILES string of the molecule is COc1ccc2c(c1)c(CCN1CCCC1)cn2S(=O)(=O)c1ccccc1.O=C(O)C(=O)O. The van der Waals surface area contributed by atoms with E-state index < -0.39 is 22.0 Å². The van der Waals surface area contributed by atoms with E-state index in [9.17, 15) is 8.42 Å². The molecule has 9 nitrogen and oxygen atoms in total. The Kier molecular flexibility index (Phi) is 7.72. The summed E-state index contributed by atoms with van der Waals surface area (Å²) in [5.41, 5.74) is 1.73. The molecule has 10 heteroatoms. The van der Waals surface area contributed by atoms with Gasteiger partial charge in [-0.1, -0.05) is 18.2 Å². The number of rotatable bonds is 6. The van der Waals surface area contributed by atoms with Gasteiger partial charge in [0.15, 0.2) is 0 Å². The standard InChI is InChI=1S/C21H24N2O3S.C2H2O4/c1-26-18-9-10-21-20(15-18)17(11-14-22-12-5-6-13-22)16-23(21)27(24,25)19-7-3-2-4-8-19;3-1(4)2(5)6/h2-4,7-10,15-16H,5-6,11-14H2,1H3;(H,3,4)(H,5,6). The van der Waals surface area contributed by atoms with Crippen molar-refractivity contribution >= 4 is 32.9 Å². The van der Waals surface area contributed by atoms with E-state index in [1.54, 1.807) is 37.6 Å². The van der Waals surface area contributed by atoms with Crippen molar-refractivity contribution in [3.05, 3.63) is 60.3 Å². The highest BCUT2D eigenvalue weighted by Crippen LogP contribution is 2.30. The number of benzene rings is 2. The molecule has 1 aromatic heterocycles. The van der Waals surface area contributed by atoms with E-state index in [1.807, 2.05) is 24.3 Å². The van der Waals surface area contributed by atoms with Gasteiger partial charge in [-0.15, -0.1) is 0 Å². The van der Waals surface area contributed by atoms with Crippen LogP contribution < -0.4 is 4.74 Å². The summed E-state index contributed by atoms with van der Waals surface area (Å²) in [4.78, 5) is 20.9. The van der Waals surface area contributed by atoms with Crippen molar-refractivity contribution in [3.8, 4) is 5.75 Å². The number of nitrogens with zero attached hydrogens (tertiary/aromatic N) is 2. The van der Waals surface area contributed by atoms with Crippen molar-refractivity contribution in [2.75, 3.05) is 26.7 Å². The normalized spacial score (nSPS) is 14.0. The first-order valence-corrected chi connectivity index (χ1v) is 11.8. The van der Waals surface area contributed by atoms with Gasteiger partial charge in [-0.3, -0.25) is 0 Å². The average molecular weight is 475 g/mol. The number of carbonyl (C=O) groups is 2. The number of hydrogen-bond donors (Lipinski definition) is 2. The highest BCUT2D eigenvalue weighted by Gasteiger charge is 2.22.